The van der Waals surface area contributed by atoms with E-state index in [4.69, 9.17) is 33.5 Å². The fourth-order valence-corrected chi connectivity index (χ4v) is 7.94. The molecule has 22 heteroatoms. The van der Waals surface area contributed by atoms with Gasteiger partial charge in [0.05, 0.1) is 30.9 Å². The summed E-state index contributed by atoms with van der Waals surface area (Å²) in [5.41, 5.74) is 5.60. The van der Waals surface area contributed by atoms with Crippen LogP contribution >= 0.6 is 22.6 Å². The number of aliphatic carboxylic acids is 1. The van der Waals surface area contributed by atoms with Gasteiger partial charge in [0.2, 0.25) is 5.97 Å². The van der Waals surface area contributed by atoms with Crippen molar-refractivity contribution < 1.29 is 149 Å². The third-order valence-corrected chi connectivity index (χ3v) is 13.2. The number of Topliss-reactive ketones (excluding diaryl/α,β-unsaturated/α-hetero) is 2. The third-order valence-electron chi connectivity index (χ3n) is 12.3. The van der Waals surface area contributed by atoms with Crippen LogP contribution in [0.4, 0.5) is 9.59 Å². The van der Waals surface area contributed by atoms with E-state index in [9.17, 15) is 33.9 Å². The van der Waals surface area contributed by atoms with Crippen LogP contribution in [0.2, 0.25) is 0 Å². The molecule has 91 heavy (non-hydrogen) atoms. The van der Waals surface area contributed by atoms with Crippen molar-refractivity contribution in [1.82, 2.24) is 10.6 Å². The Bertz CT molecular complexity index is 2280. The van der Waals surface area contributed by atoms with Gasteiger partial charge in [-0.3, -0.25) is 14.4 Å². The summed E-state index contributed by atoms with van der Waals surface area (Å²) in [5.74, 6) is 1.01. The molecule has 0 aromatic heterocycles. The minimum atomic E-state index is -1.05. The SMILES string of the molecule is C.CCCCCCOc1ccc(CCC(=O)CI)cc1.CCCCCCOc1ccc(CCC(=O)C[C-](NC(=O)OC(C)(C)C)C(=O)OCCCC)cc1.CCCCCCOc1ccc(CCC(O)C[C-]([NH3+])C(=O)O)cc1.C[CH-]NC(=O)OC(C)(C)C.[Cl-].[W].[W].[W]. The van der Waals surface area contributed by atoms with Crippen LogP contribution in [-0.4, -0.2) is 94.1 Å². The number of ketones is 2. The van der Waals surface area contributed by atoms with Gasteiger partial charge < -0.3 is 72.2 Å². The number of rotatable bonds is 39. The fraction of sp³-hybridized carbons (Fsp3) is 0.609. The zero-order valence-corrected chi connectivity index (χ0v) is 67.4. The summed E-state index contributed by atoms with van der Waals surface area (Å²) in [7, 11) is 0. The molecule has 0 bridgehead atoms. The van der Waals surface area contributed by atoms with Crippen molar-refractivity contribution in [3.63, 3.8) is 0 Å². The van der Waals surface area contributed by atoms with Gasteiger partial charge in [-0.2, -0.15) is 13.0 Å². The van der Waals surface area contributed by atoms with E-state index < -0.39 is 41.4 Å². The number of alkyl carbamates (subject to hydrolysis) is 2. The number of halogens is 2. The third kappa shape index (κ3) is 58.9. The van der Waals surface area contributed by atoms with Gasteiger partial charge in [0.1, 0.15) is 40.0 Å². The van der Waals surface area contributed by atoms with Crippen molar-refractivity contribution in [2.45, 2.75) is 242 Å². The molecule has 1 unspecified atom stereocenters. The summed E-state index contributed by atoms with van der Waals surface area (Å²) >= 11 is 2.12. The number of carboxylic acid groups (broad SMARTS) is 1. The standard InChI is InChI=1S/C27H42NO6.C18H29NO4.C16H23IO2.C7H14NO2.CH4.ClH.3W/c1-6-8-10-11-19-32-23-16-13-21(14-17-23)12-15-22(29)20-24(25(30)33-18-9-7-2)28-26(31)34-27(3,4)5;1-2-3-4-5-12-23-16-10-7-14(8-11-16)6-9-15(20)13-17(19)18(21)22;1-2-3-4-5-12-19-16-10-7-14(8-11-16)6-9-15(18)13-17;1-5-8-6(9)10-7(2,3)4;;;;;/h13-14,16-17H,6-12,15,18-20H2,1-5H3,(H,28,31);7-8,10-11,15,20H,2-6,9,12-13H2,1,19H3,(H,21,22);7-8,10-11H,2-6,9,12-13H2,1H3;5H,1-4H3,(H,8,9);1H4;1H;;;/q-1;;;-1;;;;;/p-1. The second kappa shape index (κ2) is 61.5. The van der Waals surface area contributed by atoms with Gasteiger partial charge in [0, 0.05) is 82.1 Å². The molecule has 0 saturated heterocycles. The number of quaternary nitrogens is 1. The first-order valence-electron chi connectivity index (χ1n) is 31.0. The number of benzene rings is 3. The summed E-state index contributed by atoms with van der Waals surface area (Å²) in [5, 5.41) is 23.4. The number of amides is 2. The Morgan fingerprint density at radius 3 is 1.30 bits per heavy atom. The van der Waals surface area contributed by atoms with E-state index in [-0.39, 0.29) is 127 Å². The van der Waals surface area contributed by atoms with E-state index in [1.54, 1.807) is 27.7 Å². The summed E-state index contributed by atoms with van der Waals surface area (Å²) in [6.07, 6.45) is 17.3. The molecule has 0 radical (unpaired) electrons. The van der Waals surface area contributed by atoms with Crippen LogP contribution in [0.5, 0.6) is 17.2 Å². The van der Waals surface area contributed by atoms with E-state index >= 15 is 0 Å². The van der Waals surface area contributed by atoms with Crippen molar-refractivity contribution in [3.8, 4) is 17.2 Å². The molecule has 3 aromatic rings. The minimum absolute atomic E-state index is 0. The number of alkyl halides is 1. The normalized spacial score (nSPS) is 10.5. The van der Waals surface area contributed by atoms with Crippen LogP contribution in [0.15, 0.2) is 72.8 Å². The molecule has 522 valence electrons. The first-order valence-corrected chi connectivity index (χ1v) is 32.5. The summed E-state index contributed by atoms with van der Waals surface area (Å²) < 4.78 is 33.0. The number of aliphatic hydroxyl groups excluding tert-OH is 1. The maximum absolute atomic E-state index is 12.6. The van der Waals surface area contributed by atoms with Crippen LogP contribution in [-0.2, 0) is 116 Å². The number of hydrogen-bond donors (Lipinski definition) is 5. The van der Waals surface area contributed by atoms with Gasteiger partial charge in [-0.15, -0.1) is 0 Å². The molecule has 0 aliphatic rings. The number of nitrogens with one attached hydrogen (secondary N) is 2. The second-order valence-electron chi connectivity index (χ2n) is 22.9. The summed E-state index contributed by atoms with van der Waals surface area (Å²) in [6, 6.07) is 23.6. The molecule has 0 fully saturated rings. The molecule has 0 saturated carbocycles. The number of carbonyl (C=O) groups is 6. The fourth-order valence-electron chi connectivity index (χ4n) is 7.56. The number of unbranched alkanes of at least 4 members (excludes halogenated alkanes) is 10. The van der Waals surface area contributed by atoms with Gasteiger partial charge in [-0.1, -0.05) is 177 Å². The van der Waals surface area contributed by atoms with Crippen LogP contribution in [0.1, 0.15) is 222 Å². The first-order chi connectivity index (χ1) is 40.9. The molecule has 0 spiro atoms. The Morgan fingerprint density at radius 1 is 0.571 bits per heavy atom. The van der Waals surface area contributed by atoms with Crippen molar-refractivity contribution >= 4 is 58.3 Å². The Kier molecular flexibility index (Phi) is 66.7. The monoisotopic (exact) mass is 1920 g/mol. The van der Waals surface area contributed by atoms with Crippen molar-refractivity contribution in [2.75, 3.05) is 30.9 Å². The quantitative estimate of drug-likeness (QED) is 0.00890. The average molecular weight is 1920 g/mol. The van der Waals surface area contributed by atoms with Gasteiger partial charge in [0.15, 0.2) is 5.97 Å². The Morgan fingerprint density at radius 2 is 0.945 bits per heavy atom. The van der Waals surface area contributed by atoms with Crippen LogP contribution < -0.4 is 43.0 Å². The largest absolute Gasteiger partial charge is 1.00 e. The van der Waals surface area contributed by atoms with E-state index in [0.29, 0.717) is 48.9 Å². The predicted molar refractivity (Wildman–Crippen MR) is 356 cm³/mol. The summed E-state index contributed by atoms with van der Waals surface area (Å²) in [6.45, 7) is 24.9. The second-order valence-corrected chi connectivity index (χ2v) is 23.6. The number of aryl methyl sites for hydroxylation is 3. The van der Waals surface area contributed by atoms with Gasteiger partial charge >= 0.3 is 12.2 Å². The maximum Gasteiger partial charge on any atom is 0.381 e. The number of aliphatic hydroxyl groups is 1. The Labute approximate surface area is 610 Å². The number of carbonyl (C=O) groups excluding carboxylic acids is 5. The van der Waals surface area contributed by atoms with Crippen molar-refractivity contribution in [2.24, 2.45) is 0 Å². The first kappa shape index (κ1) is 98.7. The van der Waals surface area contributed by atoms with Gasteiger partial charge in [-0.05, 0) is 146 Å². The molecule has 17 nitrogen and oxygen atoms in total. The van der Waals surface area contributed by atoms with Crippen molar-refractivity contribution in [3.05, 3.63) is 108 Å². The number of hydrogen-bond acceptors (Lipinski definition) is 13. The molecule has 2 amide bonds. The van der Waals surface area contributed by atoms with Crippen molar-refractivity contribution in [1.29, 1.82) is 0 Å². The van der Waals surface area contributed by atoms with Gasteiger partial charge in [-0.25, -0.2) is 16.1 Å². The number of ether oxygens (including phenoxy) is 6. The van der Waals surface area contributed by atoms with E-state index in [0.717, 1.165) is 73.7 Å². The molecule has 0 aliphatic heterocycles. The van der Waals surface area contributed by atoms with Crippen LogP contribution in [0, 0.1) is 18.6 Å². The van der Waals surface area contributed by atoms with Crippen LogP contribution in [0.3, 0.4) is 0 Å². The van der Waals surface area contributed by atoms with E-state index in [1.807, 2.05) is 88.4 Å². The Hall–Kier alpha value is -3.38. The summed E-state index contributed by atoms with van der Waals surface area (Å²) in [4.78, 5) is 69.7. The smallest absolute Gasteiger partial charge is 0.381 e. The zero-order valence-electron chi connectivity index (χ0n) is 55.7. The number of esters is 1. The van der Waals surface area contributed by atoms with Crippen LogP contribution in [0.25, 0.3) is 0 Å². The molecule has 3 aromatic carbocycles. The zero-order chi connectivity index (χ0) is 64.6. The maximum atomic E-state index is 12.6. The minimum Gasteiger partial charge on any atom is -1.00 e. The molecule has 3 rings (SSSR count). The predicted octanol–water partition coefficient (Wildman–Crippen LogP) is 12.0. The van der Waals surface area contributed by atoms with Gasteiger partial charge in [0.25, 0.3) is 0 Å². The Balaban J connectivity index is -0.000000278. The average Bonchev–Trinajstić information content (AvgIpc) is 3.67. The van der Waals surface area contributed by atoms with E-state index in [1.165, 1.54) is 69.9 Å². The molecule has 7 N–H and O–H groups in total. The topological polar surface area (TPSA) is 250 Å². The molecule has 0 heterocycles. The molecule has 1 atom stereocenters. The number of carboxylic acids is 1. The molecular weight excluding hydrogens is 1810 g/mol. The molecular formula is C69H112ClIN3O14W3-3. The molecule has 0 aliphatic carbocycles. The van der Waals surface area contributed by atoms with E-state index in [2.05, 4.69) is 71.9 Å².